The molecule has 176 valence electrons. The third-order valence-electron chi connectivity index (χ3n) is 4.70. The van der Waals surface area contributed by atoms with Crippen molar-refractivity contribution in [3.8, 4) is 22.6 Å². The Labute approximate surface area is 185 Å². The van der Waals surface area contributed by atoms with Gasteiger partial charge in [-0.05, 0) is 35.2 Å². The molecule has 0 aliphatic rings. The van der Waals surface area contributed by atoms with Crippen molar-refractivity contribution < 1.29 is 40.2 Å². The van der Waals surface area contributed by atoms with Crippen LogP contribution in [0.3, 0.4) is 0 Å². The molecule has 3 rings (SSSR count). The summed E-state index contributed by atoms with van der Waals surface area (Å²) in [5.41, 5.74) is -0.262. The second kappa shape index (κ2) is 10.1. The second-order valence-corrected chi connectivity index (χ2v) is 7.13. The van der Waals surface area contributed by atoms with Gasteiger partial charge in [0.2, 0.25) is 0 Å². The molecule has 0 unspecified atom stereocenters. The highest BCUT2D eigenvalue weighted by molar-refractivity contribution is 5.64. The lowest BCUT2D eigenvalue weighted by Crippen LogP contribution is -2.25. The molecule has 3 aromatic rings. The van der Waals surface area contributed by atoms with Gasteiger partial charge in [0.05, 0.1) is 0 Å². The molecule has 0 atom stereocenters. The molecule has 33 heavy (non-hydrogen) atoms. The molecule has 0 radical (unpaired) electrons. The SMILES string of the molecule is CCCc1ccc(-c2cc(F)c(C(F)(F)Oc3cc(F)c(OCCF)c(F)c3)c(F)c2)cc1. The van der Waals surface area contributed by atoms with Crippen LogP contribution in [0.4, 0.5) is 30.7 Å². The molecular weight excluding hydrogens is 453 g/mol. The first-order valence-corrected chi connectivity index (χ1v) is 9.99. The zero-order valence-electron chi connectivity index (χ0n) is 17.4. The van der Waals surface area contributed by atoms with E-state index in [1.165, 1.54) is 0 Å². The summed E-state index contributed by atoms with van der Waals surface area (Å²) in [7, 11) is 0. The van der Waals surface area contributed by atoms with Crippen molar-refractivity contribution >= 4 is 0 Å². The predicted octanol–water partition coefficient (Wildman–Crippen LogP) is 7.34. The Morgan fingerprint density at radius 1 is 0.788 bits per heavy atom. The van der Waals surface area contributed by atoms with Gasteiger partial charge in [-0.2, -0.15) is 8.78 Å². The van der Waals surface area contributed by atoms with Crippen LogP contribution in [0.1, 0.15) is 24.5 Å². The molecule has 0 fully saturated rings. The fraction of sp³-hybridized carbons (Fsp3) is 0.250. The number of aryl methyl sites for hydroxylation is 1. The molecule has 0 heterocycles. The topological polar surface area (TPSA) is 18.5 Å². The highest BCUT2D eigenvalue weighted by Gasteiger charge is 2.41. The molecule has 3 aromatic carbocycles. The summed E-state index contributed by atoms with van der Waals surface area (Å²) in [5, 5.41) is 0. The minimum absolute atomic E-state index is 0.0269. The Morgan fingerprint density at radius 3 is 1.88 bits per heavy atom. The molecule has 0 amide bonds. The van der Waals surface area contributed by atoms with E-state index in [9.17, 15) is 30.7 Å². The van der Waals surface area contributed by atoms with Gasteiger partial charge in [-0.15, -0.1) is 0 Å². The van der Waals surface area contributed by atoms with Gasteiger partial charge in [0.15, 0.2) is 17.4 Å². The minimum atomic E-state index is -4.60. The number of benzene rings is 3. The Hall–Kier alpha value is -3.23. The highest BCUT2D eigenvalue weighted by Crippen LogP contribution is 2.38. The molecule has 0 saturated carbocycles. The maximum absolute atomic E-state index is 14.6. The maximum Gasteiger partial charge on any atom is 0.432 e. The number of alkyl halides is 3. The van der Waals surface area contributed by atoms with Gasteiger partial charge in [-0.3, -0.25) is 0 Å². The van der Waals surface area contributed by atoms with Gasteiger partial charge in [0.25, 0.3) is 0 Å². The normalized spacial score (nSPS) is 11.5. The summed E-state index contributed by atoms with van der Waals surface area (Å²) in [6.07, 6.45) is -2.87. The van der Waals surface area contributed by atoms with Gasteiger partial charge in [-0.25, -0.2) is 22.0 Å². The summed E-state index contributed by atoms with van der Waals surface area (Å²) in [6.45, 7) is 0.304. The highest BCUT2D eigenvalue weighted by atomic mass is 19.3. The Morgan fingerprint density at radius 2 is 1.36 bits per heavy atom. The first-order chi connectivity index (χ1) is 15.7. The molecule has 0 N–H and O–H groups in total. The number of rotatable bonds is 9. The van der Waals surface area contributed by atoms with Crippen LogP contribution < -0.4 is 9.47 Å². The van der Waals surface area contributed by atoms with E-state index in [1.54, 1.807) is 24.3 Å². The van der Waals surface area contributed by atoms with Gasteiger partial charge in [0, 0.05) is 12.1 Å². The molecule has 0 aliphatic heterocycles. The maximum atomic E-state index is 14.6. The lowest BCUT2D eigenvalue weighted by molar-refractivity contribution is -0.189. The van der Waals surface area contributed by atoms with Crippen molar-refractivity contribution in [1.82, 2.24) is 0 Å². The van der Waals surface area contributed by atoms with Gasteiger partial charge in [-0.1, -0.05) is 37.6 Å². The van der Waals surface area contributed by atoms with E-state index in [-0.39, 0.29) is 5.56 Å². The van der Waals surface area contributed by atoms with E-state index in [0.717, 1.165) is 30.5 Å². The Bertz CT molecular complexity index is 1070. The minimum Gasteiger partial charge on any atom is -0.485 e. The standard InChI is InChI=1S/C24H19F7O2/c1-2-3-14-4-6-15(7-5-14)16-10-18(26)22(19(27)11-16)24(30,31)33-17-12-20(28)23(21(29)13-17)32-9-8-25/h4-7,10-13H,2-3,8-9H2,1H3. The molecule has 0 aromatic heterocycles. The lowest BCUT2D eigenvalue weighted by Gasteiger charge is -2.20. The van der Waals surface area contributed by atoms with E-state index in [2.05, 4.69) is 9.47 Å². The van der Waals surface area contributed by atoms with Crippen molar-refractivity contribution in [2.75, 3.05) is 13.3 Å². The summed E-state index contributed by atoms with van der Waals surface area (Å²) in [4.78, 5) is 0. The monoisotopic (exact) mass is 472 g/mol. The summed E-state index contributed by atoms with van der Waals surface area (Å²) < 4.78 is 107. The molecule has 0 bridgehead atoms. The average Bonchev–Trinajstić information content (AvgIpc) is 2.73. The zero-order chi connectivity index (χ0) is 24.2. The van der Waals surface area contributed by atoms with Crippen molar-refractivity contribution in [2.45, 2.75) is 25.9 Å². The largest absolute Gasteiger partial charge is 0.485 e. The van der Waals surface area contributed by atoms with Crippen molar-refractivity contribution in [1.29, 1.82) is 0 Å². The Balaban J connectivity index is 1.89. The van der Waals surface area contributed by atoms with Crippen LogP contribution >= 0.6 is 0 Å². The van der Waals surface area contributed by atoms with Gasteiger partial charge in [0.1, 0.15) is 36.2 Å². The predicted molar refractivity (Wildman–Crippen MR) is 108 cm³/mol. The zero-order valence-corrected chi connectivity index (χ0v) is 17.4. The third-order valence-corrected chi connectivity index (χ3v) is 4.70. The van der Waals surface area contributed by atoms with Crippen LogP contribution in [0.5, 0.6) is 11.5 Å². The lowest BCUT2D eigenvalue weighted by atomic mass is 10.00. The number of halogens is 7. The van der Waals surface area contributed by atoms with Gasteiger partial charge < -0.3 is 9.47 Å². The molecule has 2 nitrogen and oxygen atoms in total. The summed E-state index contributed by atoms with van der Waals surface area (Å²) in [6, 6.07) is 8.89. The molecule has 0 aliphatic carbocycles. The van der Waals surface area contributed by atoms with E-state index in [1.807, 2.05) is 6.92 Å². The van der Waals surface area contributed by atoms with Crippen LogP contribution in [-0.4, -0.2) is 13.3 Å². The quantitative estimate of drug-likeness (QED) is 0.304. The van der Waals surface area contributed by atoms with E-state index >= 15 is 0 Å². The van der Waals surface area contributed by atoms with E-state index in [0.29, 0.717) is 17.7 Å². The molecule has 0 saturated heterocycles. The fourth-order valence-electron chi connectivity index (χ4n) is 3.24. The third kappa shape index (κ3) is 5.58. The smallest absolute Gasteiger partial charge is 0.432 e. The molecule has 9 heteroatoms. The van der Waals surface area contributed by atoms with Crippen LogP contribution in [-0.2, 0) is 12.5 Å². The summed E-state index contributed by atoms with van der Waals surface area (Å²) in [5.74, 6) is -8.13. The summed E-state index contributed by atoms with van der Waals surface area (Å²) >= 11 is 0. The average molecular weight is 472 g/mol. The molecule has 0 spiro atoms. The fourth-order valence-corrected chi connectivity index (χ4v) is 3.24. The van der Waals surface area contributed by atoms with Crippen LogP contribution in [0.25, 0.3) is 11.1 Å². The van der Waals surface area contributed by atoms with Crippen LogP contribution in [0.2, 0.25) is 0 Å². The molecular formula is C24H19F7O2. The van der Waals surface area contributed by atoms with Gasteiger partial charge >= 0.3 is 6.11 Å². The van der Waals surface area contributed by atoms with Crippen molar-refractivity contribution in [2.24, 2.45) is 0 Å². The van der Waals surface area contributed by atoms with E-state index in [4.69, 9.17) is 0 Å². The Kier molecular flexibility index (Phi) is 7.50. The number of ether oxygens (including phenoxy) is 2. The van der Waals surface area contributed by atoms with E-state index < -0.39 is 59.7 Å². The first-order valence-electron chi connectivity index (χ1n) is 9.99. The van der Waals surface area contributed by atoms with Crippen LogP contribution in [0, 0.1) is 23.3 Å². The number of hydrogen-bond acceptors (Lipinski definition) is 2. The number of hydrogen-bond donors (Lipinski definition) is 0. The van der Waals surface area contributed by atoms with Crippen molar-refractivity contribution in [3.05, 3.63) is 82.9 Å². The van der Waals surface area contributed by atoms with Crippen LogP contribution in [0.15, 0.2) is 48.5 Å². The van der Waals surface area contributed by atoms with Crippen molar-refractivity contribution in [3.63, 3.8) is 0 Å². The first kappa shape index (κ1) is 24.4. The second-order valence-electron chi connectivity index (χ2n) is 7.13.